The first-order chi connectivity index (χ1) is 10.7. The topological polar surface area (TPSA) is 59.0 Å². The predicted molar refractivity (Wildman–Crippen MR) is 85.2 cm³/mol. The fourth-order valence-electron chi connectivity index (χ4n) is 2.87. The number of likely N-dealkylation sites (N-methyl/N-ethyl adjacent to an activating group) is 1. The largest absolute Gasteiger partial charge is 0.351 e. The van der Waals surface area contributed by atoms with E-state index >= 15 is 0 Å². The molecule has 5 heteroatoms. The molecule has 3 rings (SSSR count). The number of aryl methyl sites for hydroxylation is 1. The number of nitrogens with one attached hydrogen (secondary N) is 2. The Kier molecular flexibility index (Phi) is 4.24. The van der Waals surface area contributed by atoms with Gasteiger partial charge in [-0.1, -0.05) is 30.3 Å². The molecule has 0 aliphatic heterocycles. The van der Waals surface area contributed by atoms with Gasteiger partial charge in [-0.3, -0.25) is 9.48 Å². The fourth-order valence-corrected chi connectivity index (χ4v) is 2.87. The van der Waals surface area contributed by atoms with E-state index < -0.39 is 0 Å². The van der Waals surface area contributed by atoms with E-state index in [-0.39, 0.29) is 11.9 Å². The van der Waals surface area contributed by atoms with Crippen molar-refractivity contribution in [3.05, 3.63) is 53.9 Å². The molecular weight excluding hydrogens is 276 g/mol. The lowest BCUT2D eigenvalue weighted by Gasteiger charge is -2.14. The summed E-state index contributed by atoms with van der Waals surface area (Å²) in [4.78, 5) is 12.4. The first kappa shape index (κ1) is 14.8. The molecule has 3 atom stereocenters. The molecule has 1 aromatic heterocycles. The summed E-state index contributed by atoms with van der Waals surface area (Å²) >= 11 is 0. The monoisotopic (exact) mass is 298 g/mol. The van der Waals surface area contributed by atoms with Gasteiger partial charge >= 0.3 is 0 Å². The standard InChI is InChI=1S/C17H22N4O/c1-18-16(14-10-19-21(2)11-14)17(22)20-15-9-13(15)8-12-6-4-3-5-7-12/h3-7,10-11,13,15-16,18H,8-9H2,1-2H3,(H,20,22). The number of benzene rings is 1. The maximum Gasteiger partial charge on any atom is 0.242 e. The summed E-state index contributed by atoms with van der Waals surface area (Å²) in [5, 5.41) is 10.3. The first-order valence-electron chi connectivity index (χ1n) is 7.67. The van der Waals surface area contributed by atoms with Gasteiger partial charge in [0.2, 0.25) is 5.91 Å². The van der Waals surface area contributed by atoms with E-state index in [1.165, 1.54) is 5.56 Å². The van der Waals surface area contributed by atoms with Crippen LogP contribution in [-0.2, 0) is 18.3 Å². The zero-order valence-electron chi connectivity index (χ0n) is 13.0. The average molecular weight is 298 g/mol. The highest BCUT2D eigenvalue weighted by Crippen LogP contribution is 2.34. The molecule has 0 radical (unpaired) electrons. The van der Waals surface area contributed by atoms with Crippen LogP contribution in [0.4, 0.5) is 0 Å². The van der Waals surface area contributed by atoms with E-state index in [0.29, 0.717) is 12.0 Å². The molecule has 1 amide bonds. The number of hydrogen-bond acceptors (Lipinski definition) is 3. The molecule has 1 saturated carbocycles. The van der Waals surface area contributed by atoms with Crippen LogP contribution in [0.1, 0.15) is 23.6 Å². The van der Waals surface area contributed by atoms with Gasteiger partial charge in [0, 0.05) is 24.8 Å². The lowest BCUT2D eigenvalue weighted by atomic mass is 10.1. The Hall–Kier alpha value is -2.14. The summed E-state index contributed by atoms with van der Waals surface area (Å²) in [6, 6.07) is 10.4. The van der Waals surface area contributed by atoms with Crippen molar-refractivity contribution in [1.29, 1.82) is 0 Å². The molecule has 22 heavy (non-hydrogen) atoms. The van der Waals surface area contributed by atoms with Gasteiger partial charge < -0.3 is 10.6 Å². The highest BCUT2D eigenvalue weighted by atomic mass is 16.2. The minimum atomic E-state index is -0.341. The van der Waals surface area contributed by atoms with Gasteiger partial charge in [-0.15, -0.1) is 0 Å². The number of rotatable bonds is 6. The molecule has 1 heterocycles. The molecule has 116 valence electrons. The van der Waals surface area contributed by atoms with Crippen molar-refractivity contribution in [2.45, 2.75) is 24.9 Å². The Morgan fingerprint density at radius 3 is 2.82 bits per heavy atom. The van der Waals surface area contributed by atoms with Crippen LogP contribution < -0.4 is 10.6 Å². The molecular formula is C17H22N4O. The van der Waals surface area contributed by atoms with Crippen molar-refractivity contribution in [2.24, 2.45) is 13.0 Å². The smallest absolute Gasteiger partial charge is 0.242 e. The van der Waals surface area contributed by atoms with Crippen molar-refractivity contribution in [2.75, 3.05) is 7.05 Å². The van der Waals surface area contributed by atoms with Crippen LogP contribution in [-0.4, -0.2) is 28.8 Å². The molecule has 5 nitrogen and oxygen atoms in total. The highest BCUT2D eigenvalue weighted by Gasteiger charge is 2.39. The number of carbonyl (C=O) groups is 1. The normalized spacial score (nSPS) is 21.4. The molecule has 1 aliphatic carbocycles. The van der Waals surface area contributed by atoms with Crippen molar-refractivity contribution in [3.63, 3.8) is 0 Å². The summed E-state index contributed by atoms with van der Waals surface area (Å²) in [5.41, 5.74) is 2.23. The molecule has 2 aromatic rings. The van der Waals surface area contributed by atoms with Crippen LogP contribution in [0.2, 0.25) is 0 Å². The number of carbonyl (C=O) groups excluding carboxylic acids is 1. The minimum absolute atomic E-state index is 0.0241. The average Bonchev–Trinajstić information content (AvgIpc) is 3.08. The Labute approximate surface area is 130 Å². The van der Waals surface area contributed by atoms with Gasteiger partial charge in [-0.05, 0) is 31.4 Å². The fraction of sp³-hybridized carbons (Fsp3) is 0.412. The van der Waals surface area contributed by atoms with Gasteiger partial charge in [-0.2, -0.15) is 5.10 Å². The summed E-state index contributed by atoms with van der Waals surface area (Å²) < 4.78 is 1.71. The molecule has 2 N–H and O–H groups in total. The summed E-state index contributed by atoms with van der Waals surface area (Å²) in [6.45, 7) is 0. The van der Waals surface area contributed by atoms with Gasteiger partial charge in [0.15, 0.2) is 0 Å². The van der Waals surface area contributed by atoms with Crippen LogP contribution in [0, 0.1) is 5.92 Å². The zero-order chi connectivity index (χ0) is 15.5. The third-order valence-electron chi connectivity index (χ3n) is 4.20. The highest BCUT2D eigenvalue weighted by molar-refractivity contribution is 5.83. The Morgan fingerprint density at radius 2 is 2.18 bits per heavy atom. The van der Waals surface area contributed by atoms with Gasteiger partial charge in [-0.25, -0.2) is 0 Å². The maximum absolute atomic E-state index is 12.4. The zero-order valence-corrected chi connectivity index (χ0v) is 13.0. The van der Waals surface area contributed by atoms with Crippen LogP contribution in [0.5, 0.6) is 0 Å². The van der Waals surface area contributed by atoms with E-state index in [0.717, 1.165) is 18.4 Å². The van der Waals surface area contributed by atoms with E-state index in [1.807, 2.05) is 19.3 Å². The molecule has 0 bridgehead atoms. The van der Waals surface area contributed by atoms with Gasteiger partial charge in [0.25, 0.3) is 0 Å². The summed E-state index contributed by atoms with van der Waals surface area (Å²) in [7, 11) is 3.65. The SMILES string of the molecule is CNC(C(=O)NC1CC1Cc1ccccc1)c1cnn(C)c1. The number of amides is 1. The molecule has 0 saturated heterocycles. The second-order valence-corrected chi connectivity index (χ2v) is 5.97. The Balaban J connectivity index is 1.54. The van der Waals surface area contributed by atoms with Crippen LogP contribution in [0.3, 0.4) is 0 Å². The number of nitrogens with zero attached hydrogens (tertiary/aromatic N) is 2. The third kappa shape index (κ3) is 3.36. The van der Waals surface area contributed by atoms with Crippen molar-refractivity contribution in [1.82, 2.24) is 20.4 Å². The maximum atomic E-state index is 12.4. The predicted octanol–water partition coefficient (Wildman–Crippen LogP) is 1.43. The Bertz CT molecular complexity index is 637. The molecule has 0 spiro atoms. The van der Waals surface area contributed by atoms with E-state index in [1.54, 1.807) is 17.9 Å². The second-order valence-electron chi connectivity index (χ2n) is 5.97. The molecule has 1 aromatic carbocycles. The van der Waals surface area contributed by atoms with E-state index in [4.69, 9.17) is 0 Å². The van der Waals surface area contributed by atoms with Crippen molar-refractivity contribution >= 4 is 5.91 Å². The van der Waals surface area contributed by atoms with Crippen LogP contribution in [0.15, 0.2) is 42.7 Å². The number of hydrogen-bond donors (Lipinski definition) is 2. The minimum Gasteiger partial charge on any atom is -0.351 e. The Morgan fingerprint density at radius 1 is 1.41 bits per heavy atom. The van der Waals surface area contributed by atoms with Crippen molar-refractivity contribution < 1.29 is 4.79 Å². The van der Waals surface area contributed by atoms with E-state index in [9.17, 15) is 4.79 Å². The lowest BCUT2D eigenvalue weighted by molar-refractivity contribution is -0.123. The summed E-state index contributed by atoms with van der Waals surface area (Å²) in [6.07, 6.45) is 5.69. The first-order valence-corrected chi connectivity index (χ1v) is 7.67. The molecule has 1 aliphatic rings. The van der Waals surface area contributed by atoms with Crippen LogP contribution in [0.25, 0.3) is 0 Å². The lowest BCUT2D eigenvalue weighted by Crippen LogP contribution is -2.37. The quantitative estimate of drug-likeness (QED) is 0.848. The van der Waals surface area contributed by atoms with Gasteiger partial charge in [0.05, 0.1) is 6.20 Å². The van der Waals surface area contributed by atoms with E-state index in [2.05, 4.69) is 40.0 Å². The van der Waals surface area contributed by atoms with Crippen LogP contribution >= 0.6 is 0 Å². The molecule has 3 unspecified atom stereocenters. The number of aromatic nitrogens is 2. The van der Waals surface area contributed by atoms with Crippen molar-refractivity contribution in [3.8, 4) is 0 Å². The molecule has 1 fully saturated rings. The van der Waals surface area contributed by atoms with Gasteiger partial charge in [0.1, 0.15) is 6.04 Å². The third-order valence-corrected chi connectivity index (χ3v) is 4.20. The summed E-state index contributed by atoms with van der Waals surface area (Å²) in [5.74, 6) is 0.578. The second kappa shape index (κ2) is 6.32.